The first-order valence-electron chi connectivity index (χ1n) is 10.3. The van der Waals surface area contributed by atoms with Gasteiger partial charge in [0.1, 0.15) is 5.69 Å². The molecule has 3 rings (SSSR count). The molecule has 0 unspecified atom stereocenters. The number of anilines is 1. The van der Waals surface area contributed by atoms with Crippen molar-refractivity contribution in [3.8, 4) is 18.2 Å². The number of hydrogen-bond acceptors (Lipinski definition) is 7. The first kappa shape index (κ1) is 26.4. The zero-order valence-electron chi connectivity index (χ0n) is 19.3. The maximum absolute atomic E-state index is 14.8. The molecule has 0 radical (unpaired) electrons. The van der Waals surface area contributed by atoms with Crippen LogP contribution < -0.4 is 15.8 Å². The highest BCUT2D eigenvalue weighted by Gasteiger charge is 2.48. The summed E-state index contributed by atoms with van der Waals surface area (Å²) in [6.07, 6.45) is 4.55. The fourth-order valence-corrected chi connectivity index (χ4v) is 4.73. The highest BCUT2D eigenvalue weighted by molar-refractivity contribution is 8.15. The fraction of sp³-hybridized carbons (Fsp3) is 0.333. The lowest BCUT2D eigenvalue weighted by atomic mass is 9.66. The van der Waals surface area contributed by atoms with Crippen LogP contribution in [0.25, 0.3) is 0 Å². The molecule has 0 saturated heterocycles. The van der Waals surface area contributed by atoms with Crippen LogP contribution in [0.3, 0.4) is 0 Å². The van der Waals surface area contributed by atoms with Crippen molar-refractivity contribution in [1.82, 2.24) is 9.97 Å². The van der Waals surface area contributed by atoms with Gasteiger partial charge >= 0.3 is 0 Å². The van der Waals surface area contributed by atoms with Crippen LogP contribution in [0.2, 0.25) is 0 Å². The molecule has 0 spiro atoms. The van der Waals surface area contributed by atoms with Crippen molar-refractivity contribution in [3.63, 3.8) is 0 Å². The van der Waals surface area contributed by atoms with E-state index < -0.39 is 39.7 Å². The minimum absolute atomic E-state index is 0.0836. The van der Waals surface area contributed by atoms with Crippen molar-refractivity contribution in [2.45, 2.75) is 42.4 Å². The monoisotopic (exact) mass is 505 g/mol. The second kappa shape index (κ2) is 9.45. The molecule has 3 N–H and O–H groups in total. The lowest BCUT2D eigenvalue weighted by Gasteiger charge is -2.40. The molecular weight excluding hydrogens is 484 g/mol. The summed E-state index contributed by atoms with van der Waals surface area (Å²) in [6.45, 7) is 2.66. The number of hydrogen-bond donors (Lipinski definition) is 2. The van der Waals surface area contributed by atoms with E-state index in [0.717, 1.165) is 18.3 Å². The summed E-state index contributed by atoms with van der Waals surface area (Å²) in [5, 5.41) is 1.28. The molecule has 35 heavy (non-hydrogen) atoms. The van der Waals surface area contributed by atoms with Crippen LogP contribution in [0, 0.1) is 24.0 Å². The van der Waals surface area contributed by atoms with Crippen LogP contribution in [0.1, 0.15) is 36.3 Å². The number of halogens is 4. The average Bonchev–Trinajstić information content (AvgIpc) is 2.75. The highest BCUT2D eigenvalue weighted by atomic mass is 32.2. The van der Waals surface area contributed by atoms with Gasteiger partial charge in [0.15, 0.2) is 32.5 Å². The SMILES string of the molecule is BC(B)(C#C)Oc1cnc(C(=O)Nc2cc(F)c(F)c([C@]3(C)C[C@](C)(C(F)F)SC(N)=N3)c2)cn1. The Morgan fingerprint density at radius 1 is 1.31 bits per heavy atom. The Balaban J connectivity index is 1.89. The molecule has 1 aliphatic heterocycles. The van der Waals surface area contributed by atoms with Gasteiger partial charge in [0.2, 0.25) is 5.88 Å². The minimum Gasteiger partial charge on any atom is -0.477 e. The summed E-state index contributed by atoms with van der Waals surface area (Å²) in [4.78, 5) is 24.7. The maximum Gasteiger partial charge on any atom is 0.275 e. The maximum atomic E-state index is 14.8. The number of amides is 1. The van der Waals surface area contributed by atoms with Crippen LogP contribution in [0.15, 0.2) is 29.5 Å². The topological polar surface area (TPSA) is 102 Å². The number of carbonyl (C=O) groups is 1. The van der Waals surface area contributed by atoms with Gasteiger partial charge in [0.25, 0.3) is 12.3 Å². The van der Waals surface area contributed by atoms with Gasteiger partial charge in [0.05, 0.1) is 28.1 Å². The minimum atomic E-state index is -2.80. The van der Waals surface area contributed by atoms with E-state index in [9.17, 15) is 22.4 Å². The van der Waals surface area contributed by atoms with Crippen molar-refractivity contribution < 1.29 is 27.1 Å². The van der Waals surface area contributed by atoms with Gasteiger partial charge in [0, 0.05) is 17.3 Å². The second-order valence-corrected chi connectivity index (χ2v) is 10.4. The van der Waals surface area contributed by atoms with Crippen LogP contribution >= 0.6 is 11.8 Å². The Hall–Kier alpha value is -3.20. The number of nitrogens with two attached hydrogens (primary N) is 1. The molecular formula is C21H21B2F4N5O2S. The Kier molecular flexibility index (Phi) is 7.13. The Labute approximate surface area is 205 Å². The summed E-state index contributed by atoms with van der Waals surface area (Å²) >= 11 is 0.677. The lowest BCUT2D eigenvalue weighted by molar-refractivity contribution is 0.0892. The van der Waals surface area contributed by atoms with E-state index >= 15 is 0 Å². The summed E-state index contributed by atoms with van der Waals surface area (Å²) in [5.74, 6) is -0.839. The van der Waals surface area contributed by atoms with Gasteiger partial charge in [-0.25, -0.2) is 27.5 Å². The van der Waals surface area contributed by atoms with Gasteiger partial charge in [-0.2, -0.15) is 0 Å². The Morgan fingerprint density at radius 3 is 2.57 bits per heavy atom. The van der Waals surface area contributed by atoms with E-state index in [2.05, 4.69) is 26.2 Å². The van der Waals surface area contributed by atoms with Crippen molar-refractivity contribution in [2.24, 2.45) is 10.7 Å². The van der Waals surface area contributed by atoms with Crippen molar-refractivity contribution in [3.05, 3.63) is 47.4 Å². The molecule has 1 aromatic heterocycles. The predicted octanol–water partition coefficient (Wildman–Crippen LogP) is 1.63. The largest absolute Gasteiger partial charge is 0.477 e. The first-order valence-corrected chi connectivity index (χ1v) is 11.1. The smallest absolute Gasteiger partial charge is 0.275 e. The third kappa shape index (κ3) is 5.73. The molecule has 1 amide bonds. The van der Waals surface area contributed by atoms with E-state index in [1.54, 1.807) is 15.7 Å². The van der Waals surface area contributed by atoms with Gasteiger partial charge in [-0.15, -0.1) is 6.42 Å². The van der Waals surface area contributed by atoms with Crippen LogP contribution in [-0.2, 0) is 5.54 Å². The van der Waals surface area contributed by atoms with Gasteiger partial charge in [-0.05, 0) is 26.3 Å². The molecule has 182 valence electrons. The molecule has 2 atom stereocenters. The molecule has 0 aliphatic carbocycles. The second-order valence-electron chi connectivity index (χ2n) is 8.89. The van der Waals surface area contributed by atoms with Crippen molar-refractivity contribution in [2.75, 3.05) is 5.32 Å². The molecule has 1 aromatic carbocycles. The van der Waals surface area contributed by atoms with E-state index in [1.807, 2.05) is 0 Å². The van der Waals surface area contributed by atoms with Crippen LogP contribution in [0.4, 0.5) is 23.2 Å². The number of thioether (sulfide) groups is 1. The Morgan fingerprint density at radius 2 is 2.00 bits per heavy atom. The number of aromatic nitrogens is 2. The lowest BCUT2D eigenvalue weighted by Crippen LogP contribution is -2.44. The van der Waals surface area contributed by atoms with E-state index in [4.69, 9.17) is 16.9 Å². The number of terminal acetylenes is 1. The van der Waals surface area contributed by atoms with Crippen molar-refractivity contribution >= 4 is 44.2 Å². The van der Waals surface area contributed by atoms with Crippen LogP contribution in [-0.4, -0.2) is 53.3 Å². The molecule has 0 fully saturated rings. The third-order valence-electron chi connectivity index (χ3n) is 5.29. The zero-order chi connectivity index (χ0) is 26.2. The van der Waals surface area contributed by atoms with Gasteiger partial charge in [-0.3, -0.25) is 9.79 Å². The van der Waals surface area contributed by atoms with Gasteiger partial charge < -0.3 is 15.8 Å². The number of carbonyl (C=O) groups excluding carboxylic acids is 1. The Bertz CT molecular complexity index is 1230. The molecule has 1 aliphatic rings. The number of amidine groups is 1. The summed E-state index contributed by atoms with van der Waals surface area (Å²) < 4.78 is 60.5. The number of nitrogens with zero attached hydrogens (tertiary/aromatic N) is 3. The highest BCUT2D eigenvalue weighted by Crippen LogP contribution is 2.49. The molecule has 2 heterocycles. The predicted molar refractivity (Wildman–Crippen MR) is 131 cm³/mol. The fourth-order valence-electron chi connectivity index (χ4n) is 3.57. The molecule has 14 heteroatoms. The van der Waals surface area contributed by atoms with E-state index in [0.29, 0.717) is 11.8 Å². The number of aliphatic imine (C=N–C) groups is 1. The molecule has 2 aromatic rings. The number of benzene rings is 1. The van der Waals surface area contributed by atoms with E-state index in [-0.39, 0.29) is 34.4 Å². The quantitative estimate of drug-likeness (QED) is 0.352. The zero-order valence-corrected chi connectivity index (χ0v) is 20.1. The van der Waals surface area contributed by atoms with E-state index in [1.165, 1.54) is 20.0 Å². The number of ether oxygens (including phenoxy) is 1. The third-order valence-corrected chi connectivity index (χ3v) is 6.38. The molecule has 7 nitrogen and oxygen atoms in total. The summed E-state index contributed by atoms with van der Waals surface area (Å²) in [6, 6.07) is 1.90. The standard InChI is InChI=1S/C21H21B2F4N5O2S/c1-4-21(22,23)34-14-8-29-13(7-30-14)16(33)31-10-5-11(15(25)12(24)6-10)19(2)9-20(3,17(26)27)35-18(28)32-19/h1,5-8,17H,9,22-23H2,2-3H3,(H2,28,32)(H,31,33)/t19-,20+/m0/s1. The van der Waals surface area contributed by atoms with Gasteiger partial charge in [-0.1, -0.05) is 17.7 Å². The number of nitrogens with one attached hydrogen (secondary N) is 1. The average molecular weight is 505 g/mol. The van der Waals surface area contributed by atoms with Crippen LogP contribution in [0.5, 0.6) is 5.88 Å². The first-order chi connectivity index (χ1) is 16.2. The summed E-state index contributed by atoms with van der Waals surface area (Å²) in [7, 11) is 3.28. The number of rotatable bonds is 6. The number of alkyl halides is 2. The molecule has 0 saturated carbocycles. The summed E-state index contributed by atoms with van der Waals surface area (Å²) in [5.41, 5.74) is 3.56. The normalized spacial score (nSPS) is 22.3. The van der Waals surface area contributed by atoms with Crippen molar-refractivity contribution in [1.29, 1.82) is 0 Å². The molecule has 0 bridgehead atoms.